The van der Waals surface area contributed by atoms with Gasteiger partial charge in [0, 0.05) is 19.7 Å². The Hall–Kier alpha value is -1.98. The molecule has 1 aromatic heterocycles. The summed E-state index contributed by atoms with van der Waals surface area (Å²) < 4.78 is 22.6. The highest BCUT2D eigenvalue weighted by molar-refractivity contribution is 5.47. The van der Waals surface area contributed by atoms with Crippen LogP contribution in [-0.2, 0) is 17.8 Å². The Kier molecular flexibility index (Phi) is 6.22. The number of aryl methyl sites for hydroxylation is 2. The van der Waals surface area contributed by atoms with Gasteiger partial charge in [-0.25, -0.2) is 0 Å². The average molecular weight is 359 g/mol. The topological polar surface area (TPSA) is 44.1 Å². The summed E-state index contributed by atoms with van der Waals surface area (Å²) in [7, 11) is 3.34. The minimum atomic E-state index is 0.298. The van der Waals surface area contributed by atoms with E-state index in [1.165, 1.54) is 11.1 Å². The van der Waals surface area contributed by atoms with Crippen molar-refractivity contribution in [1.29, 1.82) is 0 Å². The molecule has 142 valence electrons. The first kappa shape index (κ1) is 18.8. The fraction of sp³-hybridized carbons (Fsp3) is 0.524. The van der Waals surface area contributed by atoms with Crippen molar-refractivity contribution >= 4 is 0 Å². The van der Waals surface area contributed by atoms with Crippen molar-refractivity contribution in [2.75, 3.05) is 27.4 Å². The maximum atomic E-state index is 5.86. The smallest absolute Gasteiger partial charge is 0.161 e. The lowest BCUT2D eigenvalue weighted by molar-refractivity contribution is 0.0653. The van der Waals surface area contributed by atoms with Crippen LogP contribution in [0.4, 0.5) is 0 Å². The van der Waals surface area contributed by atoms with Gasteiger partial charge in [-0.15, -0.1) is 0 Å². The maximum absolute atomic E-state index is 5.86. The fourth-order valence-electron chi connectivity index (χ4n) is 3.49. The summed E-state index contributed by atoms with van der Waals surface area (Å²) >= 11 is 0. The van der Waals surface area contributed by atoms with Crippen LogP contribution in [0.15, 0.2) is 28.7 Å². The molecule has 3 rings (SSSR count). The second-order valence-electron chi connectivity index (χ2n) is 6.95. The van der Waals surface area contributed by atoms with Gasteiger partial charge in [0.15, 0.2) is 11.5 Å². The molecule has 1 unspecified atom stereocenters. The van der Waals surface area contributed by atoms with Crippen molar-refractivity contribution in [2.24, 2.45) is 0 Å². The summed E-state index contributed by atoms with van der Waals surface area (Å²) in [5.74, 6) is 3.46. The highest BCUT2D eigenvalue weighted by Gasteiger charge is 2.21. The van der Waals surface area contributed by atoms with Crippen LogP contribution in [0.3, 0.4) is 0 Å². The van der Waals surface area contributed by atoms with Crippen LogP contribution in [-0.4, -0.2) is 38.4 Å². The third-order valence-electron chi connectivity index (χ3n) is 4.90. The standard InChI is InChI=1S/C21H29NO4/c1-15-10-20(23-3)21(24-4)11-17(15)12-22(13-18-6-5-9-25-18)14-19-8-7-16(2)26-19/h7-8,10-11,18H,5-6,9,12-14H2,1-4H3. The summed E-state index contributed by atoms with van der Waals surface area (Å²) in [5.41, 5.74) is 2.42. The average Bonchev–Trinajstić information content (AvgIpc) is 3.28. The molecule has 0 bridgehead atoms. The molecule has 1 fully saturated rings. The molecule has 0 saturated carbocycles. The zero-order valence-corrected chi connectivity index (χ0v) is 16.2. The molecule has 5 heteroatoms. The number of rotatable bonds is 8. The van der Waals surface area contributed by atoms with E-state index < -0.39 is 0 Å². The molecule has 0 N–H and O–H groups in total. The maximum Gasteiger partial charge on any atom is 0.161 e. The number of furan rings is 1. The normalized spacial score (nSPS) is 17.0. The quantitative estimate of drug-likeness (QED) is 0.710. The predicted octanol–water partition coefficient (Wildman–Crippen LogP) is 4.09. The summed E-state index contributed by atoms with van der Waals surface area (Å²) in [4.78, 5) is 2.39. The lowest BCUT2D eigenvalue weighted by Crippen LogP contribution is -2.31. The number of nitrogens with zero attached hydrogens (tertiary/aromatic N) is 1. The Morgan fingerprint density at radius 3 is 2.46 bits per heavy atom. The highest BCUT2D eigenvalue weighted by atomic mass is 16.5. The van der Waals surface area contributed by atoms with Gasteiger partial charge in [0.2, 0.25) is 0 Å². The zero-order valence-electron chi connectivity index (χ0n) is 16.2. The Morgan fingerprint density at radius 1 is 1.08 bits per heavy atom. The van der Waals surface area contributed by atoms with E-state index >= 15 is 0 Å². The van der Waals surface area contributed by atoms with Gasteiger partial charge in [0.1, 0.15) is 11.5 Å². The molecule has 0 spiro atoms. The van der Waals surface area contributed by atoms with Crippen molar-refractivity contribution in [3.05, 3.63) is 46.9 Å². The second-order valence-corrected chi connectivity index (χ2v) is 6.95. The largest absolute Gasteiger partial charge is 0.493 e. The molecule has 1 aromatic carbocycles. The Bertz CT molecular complexity index is 719. The Balaban J connectivity index is 1.79. The first-order chi connectivity index (χ1) is 12.6. The van der Waals surface area contributed by atoms with Gasteiger partial charge in [0.05, 0.1) is 26.9 Å². The lowest BCUT2D eigenvalue weighted by Gasteiger charge is -2.25. The summed E-state index contributed by atoms with van der Waals surface area (Å²) in [6.07, 6.45) is 2.57. The minimum absolute atomic E-state index is 0.298. The molecular formula is C21H29NO4. The van der Waals surface area contributed by atoms with Crippen LogP contribution in [0.25, 0.3) is 0 Å². The molecule has 1 aliphatic rings. The highest BCUT2D eigenvalue weighted by Crippen LogP contribution is 2.31. The fourth-order valence-corrected chi connectivity index (χ4v) is 3.49. The first-order valence-electron chi connectivity index (χ1n) is 9.20. The van der Waals surface area contributed by atoms with Crippen LogP contribution < -0.4 is 9.47 Å². The first-order valence-corrected chi connectivity index (χ1v) is 9.20. The van der Waals surface area contributed by atoms with Crippen LogP contribution >= 0.6 is 0 Å². The van der Waals surface area contributed by atoms with Gasteiger partial charge in [0.25, 0.3) is 0 Å². The van der Waals surface area contributed by atoms with E-state index in [4.69, 9.17) is 18.6 Å². The van der Waals surface area contributed by atoms with Crippen molar-refractivity contribution in [3.8, 4) is 11.5 Å². The number of hydrogen-bond donors (Lipinski definition) is 0. The van der Waals surface area contributed by atoms with Gasteiger partial charge in [-0.05, 0) is 62.1 Å². The molecule has 0 aliphatic carbocycles. The lowest BCUT2D eigenvalue weighted by atomic mass is 10.1. The monoisotopic (exact) mass is 359 g/mol. The molecule has 0 radical (unpaired) electrons. The van der Waals surface area contributed by atoms with Crippen molar-refractivity contribution in [1.82, 2.24) is 4.90 Å². The van der Waals surface area contributed by atoms with E-state index in [9.17, 15) is 0 Å². The van der Waals surface area contributed by atoms with E-state index in [2.05, 4.69) is 24.0 Å². The van der Waals surface area contributed by atoms with E-state index in [-0.39, 0.29) is 0 Å². The van der Waals surface area contributed by atoms with E-state index in [1.54, 1.807) is 14.2 Å². The van der Waals surface area contributed by atoms with Gasteiger partial charge in [-0.2, -0.15) is 0 Å². The molecule has 2 aromatic rings. The second kappa shape index (κ2) is 8.60. The number of methoxy groups -OCH3 is 2. The predicted molar refractivity (Wildman–Crippen MR) is 101 cm³/mol. The van der Waals surface area contributed by atoms with Crippen molar-refractivity contribution < 1.29 is 18.6 Å². The molecule has 26 heavy (non-hydrogen) atoms. The van der Waals surface area contributed by atoms with E-state index in [0.29, 0.717) is 6.10 Å². The summed E-state index contributed by atoms with van der Waals surface area (Å²) in [5, 5.41) is 0. The number of ether oxygens (including phenoxy) is 3. The van der Waals surface area contributed by atoms with E-state index in [1.807, 2.05) is 19.1 Å². The molecule has 1 saturated heterocycles. The molecule has 5 nitrogen and oxygen atoms in total. The van der Waals surface area contributed by atoms with Crippen LogP contribution in [0.2, 0.25) is 0 Å². The third kappa shape index (κ3) is 4.59. The third-order valence-corrected chi connectivity index (χ3v) is 4.90. The van der Waals surface area contributed by atoms with Gasteiger partial charge < -0.3 is 18.6 Å². The van der Waals surface area contributed by atoms with Crippen LogP contribution in [0.5, 0.6) is 11.5 Å². The molecule has 0 amide bonds. The minimum Gasteiger partial charge on any atom is -0.493 e. The summed E-state index contributed by atoms with van der Waals surface area (Å²) in [6, 6.07) is 8.18. The SMILES string of the molecule is COc1cc(C)c(CN(Cc2ccc(C)o2)CC2CCCO2)cc1OC. The molecular weight excluding hydrogens is 330 g/mol. The molecule has 1 atom stereocenters. The Morgan fingerprint density at radius 2 is 1.85 bits per heavy atom. The Labute approximate surface area is 155 Å². The molecule has 1 aliphatic heterocycles. The zero-order chi connectivity index (χ0) is 18.5. The molecule has 2 heterocycles. The van der Waals surface area contributed by atoms with Gasteiger partial charge >= 0.3 is 0 Å². The van der Waals surface area contributed by atoms with Crippen molar-refractivity contribution in [2.45, 2.75) is 45.9 Å². The number of hydrogen-bond acceptors (Lipinski definition) is 5. The summed E-state index contributed by atoms with van der Waals surface area (Å²) in [6.45, 7) is 7.43. The van der Waals surface area contributed by atoms with Crippen LogP contribution in [0.1, 0.15) is 35.5 Å². The van der Waals surface area contributed by atoms with Gasteiger partial charge in [-0.3, -0.25) is 4.90 Å². The van der Waals surface area contributed by atoms with E-state index in [0.717, 1.165) is 62.1 Å². The van der Waals surface area contributed by atoms with Gasteiger partial charge in [-0.1, -0.05) is 0 Å². The van der Waals surface area contributed by atoms with Crippen LogP contribution in [0, 0.1) is 13.8 Å². The number of benzene rings is 1. The van der Waals surface area contributed by atoms with Crippen molar-refractivity contribution in [3.63, 3.8) is 0 Å².